The van der Waals surface area contributed by atoms with Gasteiger partial charge in [0.2, 0.25) is 11.8 Å². The van der Waals surface area contributed by atoms with Crippen molar-refractivity contribution in [3.63, 3.8) is 0 Å². The SMILES string of the molecule is CC1=C(C(=O)NCC(=O)Nc2ccccc2)C(c2cccc(Cl)c2)C(C(=O)OCCC#N)=C(C)N1. The zero-order valence-corrected chi connectivity index (χ0v) is 20.1. The first-order valence-corrected chi connectivity index (χ1v) is 11.3. The highest BCUT2D eigenvalue weighted by molar-refractivity contribution is 6.30. The number of carbonyl (C=O) groups is 3. The number of benzene rings is 2. The molecule has 1 unspecified atom stereocenters. The molecule has 0 fully saturated rings. The molecule has 1 aliphatic heterocycles. The number of amides is 2. The Morgan fingerprint density at radius 3 is 2.46 bits per heavy atom. The first kappa shape index (κ1) is 25.5. The van der Waals surface area contributed by atoms with Crippen LogP contribution in [0, 0.1) is 11.3 Å². The Balaban J connectivity index is 1.88. The Morgan fingerprint density at radius 2 is 1.77 bits per heavy atom. The van der Waals surface area contributed by atoms with Crippen LogP contribution in [0.5, 0.6) is 0 Å². The maximum Gasteiger partial charge on any atom is 0.336 e. The number of dihydropyridines is 1. The smallest absolute Gasteiger partial charge is 0.336 e. The van der Waals surface area contributed by atoms with Gasteiger partial charge in [-0.15, -0.1) is 0 Å². The lowest BCUT2D eigenvalue weighted by atomic mass is 9.80. The van der Waals surface area contributed by atoms with Crippen LogP contribution in [0.1, 0.15) is 31.7 Å². The lowest BCUT2D eigenvalue weighted by Gasteiger charge is -2.31. The molecule has 2 aromatic carbocycles. The van der Waals surface area contributed by atoms with Crippen molar-refractivity contribution in [2.24, 2.45) is 0 Å². The van der Waals surface area contributed by atoms with E-state index in [4.69, 9.17) is 21.6 Å². The van der Waals surface area contributed by atoms with Crippen molar-refractivity contribution < 1.29 is 19.1 Å². The minimum atomic E-state index is -0.790. The summed E-state index contributed by atoms with van der Waals surface area (Å²) < 4.78 is 5.29. The standard InChI is InChI=1S/C26H25ClN4O4/c1-16-22(25(33)29-15-21(32)31-20-10-4-3-5-11-20)24(18-8-6-9-19(27)14-18)23(17(2)30-16)26(34)35-13-7-12-28/h3-6,8-11,14,24,30H,7,13,15H2,1-2H3,(H,29,33)(H,31,32). The molecule has 0 saturated heterocycles. The molecule has 0 aliphatic carbocycles. The number of esters is 1. The number of rotatable bonds is 8. The first-order chi connectivity index (χ1) is 16.8. The largest absolute Gasteiger partial charge is 0.461 e. The van der Waals surface area contributed by atoms with E-state index in [9.17, 15) is 14.4 Å². The first-order valence-electron chi connectivity index (χ1n) is 10.9. The summed E-state index contributed by atoms with van der Waals surface area (Å²) in [5.41, 5.74) is 2.77. The fraction of sp³-hybridized carbons (Fsp3) is 0.231. The molecule has 0 bridgehead atoms. The average Bonchev–Trinajstić information content (AvgIpc) is 2.82. The van der Waals surface area contributed by atoms with E-state index in [-0.39, 0.29) is 30.7 Å². The molecule has 9 heteroatoms. The summed E-state index contributed by atoms with van der Waals surface area (Å²) in [7, 11) is 0. The molecule has 1 heterocycles. The second-order valence-electron chi connectivity index (χ2n) is 7.83. The molecule has 0 saturated carbocycles. The zero-order chi connectivity index (χ0) is 25.4. The third-order valence-electron chi connectivity index (χ3n) is 5.32. The van der Waals surface area contributed by atoms with Crippen molar-refractivity contribution in [3.8, 4) is 6.07 Å². The number of para-hydroxylation sites is 1. The van der Waals surface area contributed by atoms with E-state index in [1.165, 1.54) is 0 Å². The van der Waals surface area contributed by atoms with Crippen LogP contribution in [-0.4, -0.2) is 30.9 Å². The summed E-state index contributed by atoms with van der Waals surface area (Å²) in [5, 5.41) is 17.6. The minimum Gasteiger partial charge on any atom is -0.461 e. The van der Waals surface area contributed by atoms with Crippen molar-refractivity contribution in [2.75, 3.05) is 18.5 Å². The van der Waals surface area contributed by atoms with E-state index >= 15 is 0 Å². The number of halogens is 1. The molecule has 1 aliphatic rings. The molecule has 1 atom stereocenters. The van der Waals surface area contributed by atoms with Crippen molar-refractivity contribution in [3.05, 3.63) is 87.7 Å². The second-order valence-corrected chi connectivity index (χ2v) is 8.27. The Morgan fingerprint density at radius 1 is 1.06 bits per heavy atom. The Bertz CT molecular complexity index is 1230. The number of hydrogen-bond acceptors (Lipinski definition) is 6. The number of allylic oxidation sites excluding steroid dienone is 2. The summed E-state index contributed by atoms with van der Waals surface area (Å²) in [6.07, 6.45) is 0.0477. The molecule has 0 spiro atoms. The maximum absolute atomic E-state index is 13.3. The minimum absolute atomic E-state index is 0.0477. The number of ether oxygens (including phenoxy) is 1. The van der Waals surface area contributed by atoms with E-state index in [1.807, 2.05) is 12.1 Å². The van der Waals surface area contributed by atoms with Crippen LogP contribution in [-0.2, 0) is 19.1 Å². The molecule has 180 valence electrons. The van der Waals surface area contributed by atoms with Gasteiger partial charge in [-0.2, -0.15) is 5.26 Å². The van der Waals surface area contributed by atoms with Gasteiger partial charge in [0.15, 0.2) is 0 Å². The monoisotopic (exact) mass is 492 g/mol. The number of anilines is 1. The summed E-state index contributed by atoms with van der Waals surface area (Å²) in [4.78, 5) is 38.7. The highest BCUT2D eigenvalue weighted by Crippen LogP contribution is 2.39. The maximum atomic E-state index is 13.3. The second kappa shape index (κ2) is 11.9. The Kier molecular flexibility index (Phi) is 8.65. The van der Waals surface area contributed by atoms with E-state index in [0.29, 0.717) is 27.7 Å². The summed E-state index contributed by atoms with van der Waals surface area (Å²) in [6.45, 7) is 3.09. The number of nitrogens with one attached hydrogen (secondary N) is 3. The molecule has 3 rings (SSSR count). The van der Waals surface area contributed by atoms with Gasteiger partial charge in [-0.3, -0.25) is 9.59 Å². The van der Waals surface area contributed by atoms with Gasteiger partial charge >= 0.3 is 5.97 Å². The van der Waals surface area contributed by atoms with Crippen LogP contribution in [0.25, 0.3) is 0 Å². The Hall–Kier alpha value is -4.09. The van der Waals surface area contributed by atoms with Gasteiger partial charge in [0, 0.05) is 27.7 Å². The van der Waals surface area contributed by atoms with E-state index in [2.05, 4.69) is 16.0 Å². The molecule has 35 heavy (non-hydrogen) atoms. The van der Waals surface area contributed by atoms with Gasteiger partial charge in [0.25, 0.3) is 0 Å². The normalized spacial score (nSPS) is 15.1. The number of hydrogen-bond donors (Lipinski definition) is 3. The van der Waals surface area contributed by atoms with Crippen molar-refractivity contribution in [1.82, 2.24) is 10.6 Å². The van der Waals surface area contributed by atoms with Crippen molar-refractivity contribution in [1.29, 1.82) is 5.26 Å². The van der Waals surface area contributed by atoms with Gasteiger partial charge in [-0.25, -0.2) is 4.79 Å². The zero-order valence-electron chi connectivity index (χ0n) is 19.4. The predicted molar refractivity (Wildman–Crippen MR) is 132 cm³/mol. The predicted octanol–water partition coefficient (Wildman–Crippen LogP) is 3.79. The van der Waals surface area contributed by atoms with Crippen molar-refractivity contribution in [2.45, 2.75) is 26.2 Å². The number of nitrogens with zero attached hydrogens (tertiary/aromatic N) is 1. The lowest BCUT2D eigenvalue weighted by Crippen LogP contribution is -2.39. The van der Waals surface area contributed by atoms with Gasteiger partial charge in [-0.05, 0) is 43.7 Å². The molecule has 2 aromatic rings. The Labute approximate surface area is 208 Å². The van der Waals surface area contributed by atoms with Crippen molar-refractivity contribution >= 4 is 35.1 Å². The number of nitriles is 1. The average molecular weight is 493 g/mol. The van der Waals surface area contributed by atoms with Crippen LogP contribution in [0.2, 0.25) is 5.02 Å². The van der Waals surface area contributed by atoms with Gasteiger partial charge in [0.1, 0.15) is 6.61 Å². The topological polar surface area (TPSA) is 120 Å². The number of carbonyl (C=O) groups excluding carboxylic acids is 3. The third kappa shape index (κ3) is 6.49. The van der Waals surface area contributed by atoms with Gasteiger partial charge < -0.3 is 20.7 Å². The molecular formula is C26H25ClN4O4. The highest BCUT2D eigenvalue weighted by atomic mass is 35.5. The fourth-order valence-electron chi connectivity index (χ4n) is 3.83. The van der Waals surface area contributed by atoms with Gasteiger partial charge in [0.05, 0.1) is 30.5 Å². The molecular weight excluding hydrogens is 468 g/mol. The molecule has 2 amide bonds. The van der Waals surface area contributed by atoms with Crippen LogP contribution in [0.3, 0.4) is 0 Å². The van der Waals surface area contributed by atoms with E-state index < -0.39 is 23.7 Å². The quantitative estimate of drug-likeness (QED) is 0.381. The van der Waals surface area contributed by atoms with Crippen LogP contribution in [0.15, 0.2) is 77.1 Å². The highest BCUT2D eigenvalue weighted by Gasteiger charge is 2.37. The van der Waals surface area contributed by atoms with Crippen LogP contribution in [0.4, 0.5) is 5.69 Å². The molecule has 3 N–H and O–H groups in total. The summed E-state index contributed by atoms with van der Waals surface area (Å²) in [5.74, 6) is -2.34. The summed E-state index contributed by atoms with van der Waals surface area (Å²) in [6, 6.07) is 17.7. The van der Waals surface area contributed by atoms with Gasteiger partial charge in [-0.1, -0.05) is 41.9 Å². The molecule has 0 aromatic heterocycles. The molecule has 8 nitrogen and oxygen atoms in total. The molecule has 0 radical (unpaired) electrons. The lowest BCUT2D eigenvalue weighted by molar-refractivity contribution is -0.139. The third-order valence-corrected chi connectivity index (χ3v) is 5.56. The van der Waals surface area contributed by atoms with Crippen LogP contribution >= 0.6 is 11.6 Å². The van der Waals surface area contributed by atoms with E-state index in [0.717, 1.165) is 0 Å². The fourth-order valence-corrected chi connectivity index (χ4v) is 4.03. The van der Waals surface area contributed by atoms with E-state index in [1.54, 1.807) is 62.4 Å². The van der Waals surface area contributed by atoms with Crippen LogP contribution < -0.4 is 16.0 Å². The summed E-state index contributed by atoms with van der Waals surface area (Å²) >= 11 is 6.22.